The molecule has 17 heavy (non-hydrogen) atoms. The summed E-state index contributed by atoms with van der Waals surface area (Å²) in [7, 11) is 0. The molecule has 2 heterocycles. The van der Waals surface area contributed by atoms with Crippen molar-refractivity contribution in [3.05, 3.63) is 16.1 Å². The number of rotatable bonds is 4. The van der Waals surface area contributed by atoms with Crippen molar-refractivity contribution in [2.45, 2.75) is 38.6 Å². The van der Waals surface area contributed by atoms with E-state index in [1.807, 2.05) is 5.38 Å². The first-order chi connectivity index (χ1) is 8.16. The van der Waals surface area contributed by atoms with Crippen molar-refractivity contribution >= 4 is 28.5 Å². The third-order valence-electron chi connectivity index (χ3n) is 3.36. The number of thiocarbonyl (C=S) groups is 1. The van der Waals surface area contributed by atoms with Crippen LogP contribution in [0.25, 0.3) is 0 Å². The van der Waals surface area contributed by atoms with E-state index in [9.17, 15) is 0 Å². The van der Waals surface area contributed by atoms with Crippen LogP contribution in [0.4, 0.5) is 0 Å². The highest BCUT2D eigenvalue weighted by Gasteiger charge is 2.18. The van der Waals surface area contributed by atoms with Crippen LogP contribution in [0.2, 0.25) is 0 Å². The second kappa shape index (κ2) is 5.89. The van der Waals surface area contributed by atoms with Crippen LogP contribution in [-0.2, 0) is 6.42 Å². The van der Waals surface area contributed by atoms with Crippen molar-refractivity contribution in [2.24, 2.45) is 5.73 Å². The van der Waals surface area contributed by atoms with Crippen molar-refractivity contribution in [1.82, 2.24) is 9.88 Å². The molecule has 94 valence electrons. The molecule has 1 atom stereocenters. The topological polar surface area (TPSA) is 42.2 Å². The largest absolute Gasteiger partial charge is 0.388 e. The summed E-state index contributed by atoms with van der Waals surface area (Å²) in [6.45, 7) is 4.65. The van der Waals surface area contributed by atoms with Crippen molar-refractivity contribution < 1.29 is 0 Å². The van der Waals surface area contributed by atoms with E-state index in [1.165, 1.54) is 25.8 Å². The first-order valence-electron chi connectivity index (χ1n) is 6.15. The van der Waals surface area contributed by atoms with E-state index in [0.717, 1.165) is 29.7 Å². The van der Waals surface area contributed by atoms with Gasteiger partial charge in [-0.05, 0) is 26.3 Å². The Hall–Kier alpha value is -0.520. The van der Waals surface area contributed by atoms with Gasteiger partial charge >= 0.3 is 0 Å². The van der Waals surface area contributed by atoms with Crippen LogP contribution in [0.1, 0.15) is 36.9 Å². The Morgan fingerprint density at radius 1 is 1.65 bits per heavy atom. The monoisotopic (exact) mass is 269 g/mol. The van der Waals surface area contributed by atoms with E-state index in [2.05, 4.69) is 16.8 Å². The summed E-state index contributed by atoms with van der Waals surface area (Å²) in [6.07, 6.45) is 5.05. The molecule has 3 nitrogen and oxygen atoms in total. The maximum atomic E-state index is 5.55. The molecular weight excluding hydrogens is 250 g/mol. The van der Waals surface area contributed by atoms with Crippen LogP contribution in [0.3, 0.4) is 0 Å². The second-order valence-electron chi connectivity index (χ2n) is 4.62. The lowest BCUT2D eigenvalue weighted by Crippen LogP contribution is -2.38. The summed E-state index contributed by atoms with van der Waals surface area (Å²) in [5.41, 5.74) is 6.32. The lowest BCUT2D eigenvalue weighted by Gasteiger charge is -2.32. The molecule has 2 N–H and O–H groups in total. The lowest BCUT2D eigenvalue weighted by atomic mass is 10.0. The van der Waals surface area contributed by atoms with Crippen molar-refractivity contribution in [1.29, 1.82) is 0 Å². The molecule has 0 amide bonds. The normalized spacial score (nSPS) is 21.6. The third-order valence-corrected chi connectivity index (χ3v) is 4.48. The van der Waals surface area contributed by atoms with Gasteiger partial charge in [0.15, 0.2) is 0 Å². The molecule has 0 saturated carbocycles. The molecule has 0 bridgehead atoms. The zero-order valence-electron chi connectivity index (χ0n) is 10.2. The summed E-state index contributed by atoms with van der Waals surface area (Å²) in [6, 6.07) is 0.721. The predicted octanol–water partition coefficient (Wildman–Crippen LogP) is 2.19. The Balaban J connectivity index is 1.86. The fraction of sp³-hybridized carbons (Fsp3) is 0.667. The van der Waals surface area contributed by atoms with Gasteiger partial charge in [0.05, 0.1) is 5.01 Å². The summed E-state index contributed by atoms with van der Waals surface area (Å²) in [5.74, 6) is 0. The summed E-state index contributed by atoms with van der Waals surface area (Å²) < 4.78 is 0. The van der Waals surface area contributed by atoms with Gasteiger partial charge in [0, 0.05) is 24.4 Å². The van der Waals surface area contributed by atoms with E-state index in [-0.39, 0.29) is 0 Å². The number of aromatic nitrogens is 1. The van der Waals surface area contributed by atoms with E-state index < -0.39 is 0 Å². The fourth-order valence-corrected chi connectivity index (χ4v) is 3.23. The van der Waals surface area contributed by atoms with E-state index in [1.54, 1.807) is 11.3 Å². The fourth-order valence-electron chi connectivity index (χ4n) is 2.27. The Morgan fingerprint density at radius 2 is 2.47 bits per heavy atom. The molecule has 0 aromatic carbocycles. The van der Waals surface area contributed by atoms with Crippen molar-refractivity contribution in [2.75, 3.05) is 13.1 Å². The van der Waals surface area contributed by atoms with Gasteiger partial charge in [-0.3, -0.25) is 0 Å². The molecule has 0 spiro atoms. The Labute approximate surface area is 112 Å². The van der Waals surface area contributed by atoms with Crippen LogP contribution in [0.15, 0.2) is 5.38 Å². The highest BCUT2D eigenvalue weighted by atomic mass is 32.1. The minimum Gasteiger partial charge on any atom is -0.388 e. The number of nitrogens with zero attached hydrogens (tertiary/aromatic N) is 2. The van der Waals surface area contributed by atoms with Gasteiger partial charge in [0.2, 0.25) is 0 Å². The Morgan fingerprint density at radius 3 is 3.12 bits per heavy atom. The first kappa shape index (κ1) is 12.9. The molecule has 2 rings (SSSR count). The zero-order chi connectivity index (χ0) is 12.3. The second-order valence-corrected chi connectivity index (χ2v) is 6.00. The number of thiazole rings is 1. The minimum atomic E-state index is 0.402. The molecular formula is C12H19N3S2. The highest BCUT2D eigenvalue weighted by molar-refractivity contribution is 7.80. The van der Waals surface area contributed by atoms with Gasteiger partial charge < -0.3 is 10.6 Å². The van der Waals surface area contributed by atoms with Gasteiger partial charge in [-0.2, -0.15) is 0 Å². The summed E-state index contributed by atoms with van der Waals surface area (Å²) in [5, 5.41) is 3.10. The average molecular weight is 269 g/mol. The van der Waals surface area contributed by atoms with E-state index >= 15 is 0 Å². The molecule has 1 aliphatic heterocycles. The maximum Gasteiger partial charge on any atom is 0.123 e. The van der Waals surface area contributed by atoms with Gasteiger partial charge in [0.25, 0.3) is 0 Å². The Kier molecular flexibility index (Phi) is 4.48. The molecule has 1 aromatic rings. The smallest absolute Gasteiger partial charge is 0.123 e. The van der Waals surface area contributed by atoms with Crippen molar-refractivity contribution in [3.63, 3.8) is 0 Å². The van der Waals surface area contributed by atoms with Gasteiger partial charge in [-0.25, -0.2) is 4.98 Å². The van der Waals surface area contributed by atoms with E-state index in [4.69, 9.17) is 18.0 Å². The quantitative estimate of drug-likeness (QED) is 0.851. The van der Waals surface area contributed by atoms with Crippen LogP contribution in [0.5, 0.6) is 0 Å². The van der Waals surface area contributed by atoms with Gasteiger partial charge in [-0.1, -0.05) is 18.6 Å². The number of hydrogen-bond acceptors (Lipinski definition) is 4. The predicted molar refractivity (Wildman–Crippen MR) is 76.6 cm³/mol. The molecule has 0 radical (unpaired) electrons. The SMILES string of the molecule is CC1CCCCN1CCc1nc(C(N)=S)cs1. The number of likely N-dealkylation sites (tertiary alicyclic amines) is 1. The average Bonchev–Trinajstić information content (AvgIpc) is 2.77. The molecule has 1 unspecified atom stereocenters. The standard InChI is InChI=1S/C12H19N3S2/c1-9-4-2-3-6-15(9)7-5-11-14-10(8-17-11)12(13)16/h8-9H,2-7H2,1H3,(H2,13,16). The van der Waals surface area contributed by atoms with Crippen molar-refractivity contribution in [3.8, 4) is 0 Å². The highest BCUT2D eigenvalue weighted by Crippen LogP contribution is 2.17. The summed E-state index contributed by atoms with van der Waals surface area (Å²) >= 11 is 6.58. The first-order valence-corrected chi connectivity index (χ1v) is 7.44. The number of nitrogens with two attached hydrogens (primary N) is 1. The number of hydrogen-bond donors (Lipinski definition) is 1. The third kappa shape index (κ3) is 3.47. The lowest BCUT2D eigenvalue weighted by molar-refractivity contribution is 0.163. The Bertz CT molecular complexity index is 389. The summed E-state index contributed by atoms with van der Waals surface area (Å²) in [4.78, 5) is 7.41. The molecule has 1 aromatic heterocycles. The van der Waals surface area contributed by atoms with Crippen LogP contribution in [0, 0.1) is 0 Å². The molecule has 5 heteroatoms. The maximum absolute atomic E-state index is 5.55. The van der Waals surface area contributed by atoms with Crippen LogP contribution < -0.4 is 5.73 Å². The zero-order valence-corrected chi connectivity index (χ0v) is 11.8. The number of piperidine rings is 1. The molecule has 1 fully saturated rings. The minimum absolute atomic E-state index is 0.402. The van der Waals surface area contributed by atoms with Crippen LogP contribution in [-0.4, -0.2) is 34.0 Å². The molecule has 1 aliphatic rings. The van der Waals surface area contributed by atoms with E-state index in [0.29, 0.717) is 4.99 Å². The van der Waals surface area contributed by atoms with Gasteiger partial charge in [-0.15, -0.1) is 11.3 Å². The van der Waals surface area contributed by atoms with Crippen LogP contribution >= 0.6 is 23.6 Å². The molecule has 1 saturated heterocycles. The van der Waals surface area contributed by atoms with Gasteiger partial charge in [0.1, 0.15) is 10.7 Å². The molecule has 0 aliphatic carbocycles.